The number of nitrogens with one attached hydrogen (secondary N) is 2. The SMILES string of the molecule is Cc1cc(C(NC(=O)c2cc(Cn3ccn(C)c3=N)cc(-c3ccccc3C)c2)C2CC2)ccc1F. The third kappa shape index (κ3) is 4.89. The van der Waals surface area contributed by atoms with Crippen LogP contribution in [0, 0.1) is 31.0 Å². The first-order valence-electron chi connectivity index (χ1n) is 12.3. The highest BCUT2D eigenvalue weighted by molar-refractivity contribution is 5.96. The molecule has 0 radical (unpaired) electrons. The van der Waals surface area contributed by atoms with Gasteiger partial charge in [0.1, 0.15) is 5.82 Å². The molecule has 1 aliphatic carbocycles. The van der Waals surface area contributed by atoms with Gasteiger partial charge < -0.3 is 14.5 Å². The Morgan fingerprint density at radius 3 is 2.50 bits per heavy atom. The number of aryl methyl sites for hydroxylation is 3. The number of amides is 1. The van der Waals surface area contributed by atoms with E-state index in [0.29, 0.717) is 29.2 Å². The Labute approximate surface area is 210 Å². The minimum Gasteiger partial charge on any atom is -0.345 e. The van der Waals surface area contributed by atoms with Crippen molar-refractivity contribution in [1.29, 1.82) is 5.41 Å². The van der Waals surface area contributed by atoms with Crippen molar-refractivity contribution < 1.29 is 9.18 Å². The molecule has 0 spiro atoms. The number of imidazole rings is 1. The lowest BCUT2D eigenvalue weighted by Crippen LogP contribution is -2.30. The van der Waals surface area contributed by atoms with Crippen LogP contribution in [0.2, 0.25) is 0 Å². The third-order valence-corrected chi connectivity index (χ3v) is 7.06. The summed E-state index contributed by atoms with van der Waals surface area (Å²) in [6.45, 7) is 4.31. The fourth-order valence-corrected chi connectivity index (χ4v) is 4.80. The molecule has 184 valence electrons. The second-order valence-electron chi connectivity index (χ2n) is 9.89. The highest BCUT2D eigenvalue weighted by Gasteiger charge is 2.34. The standard InChI is InChI=1S/C30H31FN4O/c1-19-6-4-5-7-26(19)24-15-21(18-35-13-12-34(3)30(35)32)16-25(17-24)29(36)33-28(22-8-9-22)23-10-11-27(31)20(2)14-23/h4-7,10-17,22,28,32H,8-9,18H2,1-3H3,(H,33,36). The Hall–Kier alpha value is -3.93. The van der Waals surface area contributed by atoms with Gasteiger partial charge in [0.15, 0.2) is 0 Å². The van der Waals surface area contributed by atoms with E-state index in [1.165, 1.54) is 6.07 Å². The van der Waals surface area contributed by atoms with Crippen molar-refractivity contribution in [2.75, 3.05) is 0 Å². The Morgan fingerprint density at radius 1 is 1.06 bits per heavy atom. The molecule has 5 rings (SSSR count). The number of carbonyl (C=O) groups is 1. The average molecular weight is 483 g/mol. The summed E-state index contributed by atoms with van der Waals surface area (Å²) in [7, 11) is 1.84. The van der Waals surface area contributed by atoms with Gasteiger partial charge >= 0.3 is 0 Å². The molecule has 1 fully saturated rings. The fourth-order valence-electron chi connectivity index (χ4n) is 4.80. The molecule has 1 aliphatic rings. The third-order valence-electron chi connectivity index (χ3n) is 7.06. The average Bonchev–Trinajstić information content (AvgIpc) is 3.66. The molecule has 36 heavy (non-hydrogen) atoms. The van der Waals surface area contributed by atoms with E-state index in [-0.39, 0.29) is 17.8 Å². The van der Waals surface area contributed by atoms with Gasteiger partial charge in [-0.05, 0) is 90.3 Å². The smallest absolute Gasteiger partial charge is 0.251 e. The van der Waals surface area contributed by atoms with Gasteiger partial charge in [-0.1, -0.05) is 36.4 Å². The molecule has 0 saturated heterocycles. The van der Waals surface area contributed by atoms with E-state index in [9.17, 15) is 9.18 Å². The summed E-state index contributed by atoms with van der Waals surface area (Å²) >= 11 is 0. The summed E-state index contributed by atoms with van der Waals surface area (Å²) in [6, 6.07) is 19.1. The van der Waals surface area contributed by atoms with Crippen LogP contribution in [-0.4, -0.2) is 15.0 Å². The van der Waals surface area contributed by atoms with Crippen LogP contribution in [0.3, 0.4) is 0 Å². The normalized spacial score (nSPS) is 14.0. The van der Waals surface area contributed by atoms with E-state index >= 15 is 0 Å². The number of aromatic nitrogens is 2. The van der Waals surface area contributed by atoms with Crippen molar-refractivity contribution in [3.8, 4) is 11.1 Å². The summed E-state index contributed by atoms with van der Waals surface area (Å²) < 4.78 is 17.5. The number of nitrogens with zero attached hydrogens (tertiary/aromatic N) is 2. The number of benzene rings is 3. The van der Waals surface area contributed by atoms with Gasteiger partial charge in [-0.15, -0.1) is 0 Å². The van der Waals surface area contributed by atoms with Crippen LogP contribution in [0.15, 0.2) is 73.1 Å². The number of halogens is 1. The maximum absolute atomic E-state index is 13.9. The van der Waals surface area contributed by atoms with Crippen molar-refractivity contribution in [3.05, 3.63) is 112 Å². The van der Waals surface area contributed by atoms with Crippen molar-refractivity contribution in [2.45, 2.75) is 39.3 Å². The van der Waals surface area contributed by atoms with E-state index < -0.39 is 0 Å². The van der Waals surface area contributed by atoms with Crippen LogP contribution < -0.4 is 10.9 Å². The summed E-state index contributed by atoms with van der Waals surface area (Å²) in [4.78, 5) is 13.6. The maximum Gasteiger partial charge on any atom is 0.251 e. The Bertz CT molecular complexity index is 1500. The first-order valence-corrected chi connectivity index (χ1v) is 12.3. The summed E-state index contributed by atoms with van der Waals surface area (Å²) in [5, 5.41) is 11.6. The van der Waals surface area contributed by atoms with Crippen LogP contribution in [0.25, 0.3) is 11.1 Å². The van der Waals surface area contributed by atoms with Crippen LogP contribution in [0.5, 0.6) is 0 Å². The fraction of sp³-hybridized carbons (Fsp3) is 0.267. The maximum atomic E-state index is 13.9. The Kier molecular flexibility index (Phi) is 6.35. The van der Waals surface area contributed by atoms with Crippen molar-refractivity contribution in [3.63, 3.8) is 0 Å². The minimum absolute atomic E-state index is 0.144. The molecule has 1 amide bonds. The zero-order valence-corrected chi connectivity index (χ0v) is 20.9. The molecule has 1 saturated carbocycles. The van der Waals surface area contributed by atoms with E-state index in [1.807, 2.05) is 54.3 Å². The molecule has 6 heteroatoms. The van der Waals surface area contributed by atoms with Crippen LogP contribution in [-0.2, 0) is 13.6 Å². The molecule has 3 aromatic carbocycles. The zero-order valence-electron chi connectivity index (χ0n) is 20.9. The molecular formula is C30H31FN4O. The second-order valence-corrected chi connectivity index (χ2v) is 9.89. The van der Waals surface area contributed by atoms with Gasteiger partial charge in [-0.3, -0.25) is 10.2 Å². The first-order chi connectivity index (χ1) is 17.3. The summed E-state index contributed by atoms with van der Waals surface area (Å²) in [5.74, 6) is -0.0133. The monoisotopic (exact) mass is 482 g/mol. The molecule has 1 heterocycles. The highest BCUT2D eigenvalue weighted by atomic mass is 19.1. The van der Waals surface area contributed by atoms with Crippen LogP contribution in [0.4, 0.5) is 4.39 Å². The first kappa shape index (κ1) is 23.8. The van der Waals surface area contributed by atoms with Gasteiger partial charge in [0.25, 0.3) is 5.91 Å². The van der Waals surface area contributed by atoms with Crippen LogP contribution >= 0.6 is 0 Å². The van der Waals surface area contributed by atoms with Gasteiger partial charge in [0.05, 0.1) is 12.6 Å². The lowest BCUT2D eigenvalue weighted by atomic mass is 9.95. The Balaban J connectivity index is 1.51. The molecule has 1 unspecified atom stereocenters. The number of carbonyl (C=O) groups excluding carboxylic acids is 1. The van der Waals surface area contributed by atoms with E-state index in [2.05, 4.69) is 30.4 Å². The molecule has 5 nitrogen and oxygen atoms in total. The molecule has 0 bridgehead atoms. The largest absolute Gasteiger partial charge is 0.345 e. The quantitative estimate of drug-likeness (QED) is 0.351. The Morgan fingerprint density at radius 2 is 1.83 bits per heavy atom. The minimum atomic E-state index is -0.234. The van der Waals surface area contributed by atoms with Gasteiger partial charge in [-0.25, -0.2) is 4.39 Å². The molecule has 1 atom stereocenters. The second kappa shape index (κ2) is 9.61. The zero-order chi connectivity index (χ0) is 25.4. The number of hydrogen-bond acceptors (Lipinski definition) is 2. The van der Waals surface area contributed by atoms with Gasteiger partial charge in [-0.2, -0.15) is 0 Å². The van der Waals surface area contributed by atoms with Crippen molar-refractivity contribution in [2.24, 2.45) is 13.0 Å². The molecule has 1 aromatic heterocycles. The van der Waals surface area contributed by atoms with E-state index in [4.69, 9.17) is 5.41 Å². The number of hydrogen-bond donors (Lipinski definition) is 2. The van der Waals surface area contributed by atoms with E-state index in [1.54, 1.807) is 17.6 Å². The molecular weight excluding hydrogens is 451 g/mol. The molecule has 4 aromatic rings. The molecule has 2 N–H and O–H groups in total. The lowest BCUT2D eigenvalue weighted by Gasteiger charge is -2.20. The predicted octanol–water partition coefficient (Wildman–Crippen LogP) is 5.66. The number of rotatable bonds is 7. The lowest BCUT2D eigenvalue weighted by molar-refractivity contribution is 0.0931. The summed E-state index contributed by atoms with van der Waals surface area (Å²) in [6.07, 6.45) is 5.83. The molecule has 0 aliphatic heterocycles. The topological polar surface area (TPSA) is 62.8 Å². The predicted molar refractivity (Wildman–Crippen MR) is 139 cm³/mol. The van der Waals surface area contributed by atoms with Crippen molar-refractivity contribution in [1.82, 2.24) is 14.5 Å². The van der Waals surface area contributed by atoms with E-state index in [0.717, 1.165) is 40.7 Å². The van der Waals surface area contributed by atoms with Crippen LogP contribution in [0.1, 0.15) is 51.5 Å². The van der Waals surface area contributed by atoms with Gasteiger partial charge in [0, 0.05) is 25.0 Å². The van der Waals surface area contributed by atoms with Crippen molar-refractivity contribution >= 4 is 5.91 Å². The highest BCUT2D eigenvalue weighted by Crippen LogP contribution is 2.41. The summed E-state index contributed by atoms with van der Waals surface area (Å²) in [5.41, 5.74) is 6.63. The van der Waals surface area contributed by atoms with Gasteiger partial charge in [0.2, 0.25) is 5.62 Å².